The number of rotatable bonds is 3. The Morgan fingerprint density at radius 2 is 1.68 bits per heavy atom. The summed E-state index contributed by atoms with van der Waals surface area (Å²) in [5.74, 6) is 2.68. The van der Waals surface area contributed by atoms with Crippen LogP contribution in [0.25, 0.3) is 0 Å². The molecule has 4 aliphatic rings. The van der Waals surface area contributed by atoms with Crippen molar-refractivity contribution in [1.29, 1.82) is 0 Å². The number of nitrogens with two attached hydrogens (primary N) is 1. The van der Waals surface area contributed by atoms with Crippen LogP contribution in [0.5, 0.6) is 0 Å². The molecule has 4 fully saturated rings. The summed E-state index contributed by atoms with van der Waals surface area (Å²) in [4.78, 5) is 12.7. The Kier molecular flexibility index (Phi) is 4.31. The largest absolute Gasteiger partial charge is 0.399 e. The smallest absolute Gasteiger partial charge is 0.255 e. The molecule has 0 spiro atoms. The molecule has 3 N–H and O–H groups in total. The van der Waals surface area contributed by atoms with Crippen LogP contribution in [0.2, 0.25) is 0 Å². The molecule has 3 nitrogen and oxygen atoms in total. The molecule has 0 aromatic heterocycles. The molecule has 1 amide bonds. The summed E-state index contributed by atoms with van der Waals surface area (Å²) in [6.45, 7) is 1.92. The van der Waals surface area contributed by atoms with E-state index < -0.39 is 0 Å². The summed E-state index contributed by atoms with van der Waals surface area (Å²) < 4.78 is 0.973. The average Bonchev–Trinajstić information content (AvgIpc) is 2.64. The lowest BCUT2D eigenvalue weighted by molar-refractivity contribution is -0.00520. The van der Waals surface area contributed by atoms with Crippen LogP contribution in [0.4, 0.5) is 11.4 Å². The predicted octanol–water partition coefficient (Wildman–Crippen LogP) is 6.06. The number of nitrogen functional groups attached to an aromatic ring is 1. The van der Waals surface area contributed by atoms with Gasteiger partial charge >= 0.3 is 0 Å². The van der Waals surface area contributed by atoms with Gasteiger partial charge in [-0.2, -0.15) is 0 Å². The lowest BCUT2D eigenvalue weighted by atomic mass is 9.48. The van der Waals surface area contributed by atoms with Crippen LogP contribution in [-0.2, 0) is 5.41 Å². The van der Waals surface area contributed by atoms with Gasteiger partial charge in [0.15, 0.2) is 0 Å². The number of aryl methyl sites for hydroxylation is 1. The van der Waals surface area contributed by atoms with E-state index in [-0.39, 0.29) is 5.91 Å². The average molecular weight is 439 g/mol. The third-order valence-corrected chi connectivity index (χ3v) is 8.06. The number of amides is 1. The van der Waals surface area contributed by atoms with Gasteiger partial charge < -0.3 is 11.1 Å². The van der Waals surface area contributed by atoms with Crippen molar-refractivity contribution < 1.29 is 4.79 Å². The van der Waals surface area contributed by atoms with Crippen molar-refractivity contribution in [3.05, 3.63) is 57.6 Å². The van der Waals surface area contributed by atoms with E-state index in [9.17, 15) is 4.79 Å². The fourth-order valence-corrected chi connectivity index (χ4v) is 6.90. The van der Waals surface area contributed by atoms with Crippen LogP contribution in [0.15, 0.2) is 40.9 Å². The normalized spacial score (nSPS) is 30.4. The van der Waals surface area contributed by atoms with Gasteiger partial charge in [-0.1, -0.05) is 6.07 Å². The number of nitrogens with one attached hydrogen (secondary N) is 1. The number of carbonyl (C=O) groups excluding carboxylic acids is 1. The summed E-state index contributed by atoms with van der Waals surface area (Å²) in [6.07, 6.45) is 8.41. The van der Waals surface area contributed by atoms with Crippen molar-refractivity contribution in [2.45, 2.75) is 50.9 Å². The van der Waals surface area contributed by atoms with Gasteiger partial charge in [0.1, 0.15) is 0 Å². The molecule has 4 heteroatoms. The van der Waals surface area contributed by atoms with E-state index in [1.165, 1.54) is 44.1 Å². The first kappa shape index (κ1) is 18.2. The number of benzene rings is 2. The van der Waals surface area contributed by atoms with Gasteiger partial charge in [-0.15, -0.1) is 0 Å². The zero-order valence-corrected chi connectivity index (χ0v) is 17.9. The minimum absolute atomic E-state index is 0.105. The quantitative estimate of drug-likeness (QED) is 0.572. The SMILES string of the molecule is Cc1cc(C(=O)Nc2ccc(C34CC5CC(CC(C5)C3)C4)cc2Br)ccc1N. The van der Waals surface area contributed by atoms with Gasteiger partial charge in [-0.3, -0.25) is 4.79 Å². The van der Waals surface area contributed by atoms with Crippen LogP contribution >= 0.6 is 15.9 Å². The fourth-order valence-electron chi connectivity index (χ4n) is 6.42. The van der Waals surface area contributed by atoms with Crippen LogP contribution in [0.3, 0.4) is 0 Å². The number of halogens is 1. The maximum atomic E-state index is 12.7. The van der Waals surface area contributed by atoms with Crippen molar-refractivity contribution in [3.63, 3.8) is 0 Å². The Morgan fingerprint density at radius 1 is 1.04 bits per heavy atom. The molecule has 4 saturated carbocycles. The number of anilines is 2. The molecule has 0 heterocycles. The van der Waals surface area contributed by atoms with E-state index in [1.807, 2.05) is 13.0 Å². The molecule has 4 bridgehead atoms. The van der Waals surface area contributed by atoms with Crippen LogP contribution in [-0.4, -0.2) is 5.91 Å². The third-order valence-electron chi connectivity index (χ3n) is 7.40. The van der Waals surface area contributed by atoms with E-state index in [2.05, 4.69) is 39.4 Å². The second-order valence-corrected chi connectivity index (χ2v) is 10.3. The highest BCUT2D eigenvalue weighted by Gasteiger charge is 2.51. The Labute approximate surface area is 175 Å². The molecule has 2 aromatic rings. The molecule has 2 aromatic carbocycles. The van der Waals surface area contributed by atoms with E-state index in [0.29, 0.717) is 16.7 Å². The summed E-state index contributed by atoms with van der Waals surface area (Å²) in [7, 11) is 0. The molecule has 146 valence electrons. The van der Waals surface area contributed by atoms with Crippen molar-refractivity contribution in [2.24, 2.45) is 17.8 Å². The van der Waals surface area contributed by atoms with Gasteiger partial charge in [-0.25, -0.2) is 0 Å². The first-order valence-electron chi connectivity index (χ1n) is 10.4. The topological polar surface area (TPSA) is 55.1 Å². The zero-order valence-electron chi connectivity index (χ0n) is 16.3. The molecule has 0 radical (unpaired) electrons. The Bertz CT molecular complexity index is 916. The van der Waals surface area contributed by atoms with Crippen molar-refractivity contribution in [2.75, 3.05) is 11.1 Å². The summed E-state index contributed by atoms with van der Waals surface area (Å²) in [5, 5.41) is 3.05. The highest BCUT2D eigenvalue weighted by molar-refractivity contribution is 9.10. The lowest BCUT2D eigenvalue weighted by Crippen LogP contribution is -2.48. The van der Waals surface area contributed by atoms with E-state index in [0.717, 1.165) is 33.5 Å². The molecule has 0 unspecified atom stereocenters. The number of hydrogen-bond donors (Lipinski definition) is 2. The van der Waals surface area contributed by atoms with Crippen LogP contribution in [0, 0.1) is 24.7 Å². The molecule has 0 atom stereocenters. The highest BCUT2D eigenvalue weighted by Crippen LogP contribution is 2.61. The minimum atomic E-state index is -0.105. The fraction of sp³-hybridized carbons (Fsp3) is 0.458. The Hall–Kier alpha value is -1.81. The Balaban J connectivity index is 1.38. The summed E-state index contributed by atoms with van der Waals surface area (Å²) >= 11 is 3.72. The first-order chi connectivity index (χ1) is 13.4. The molecule has 0 saturated heterocycles. The van der Waals surface area contributed by atoms with Gasteiger partial charge in [0, 0.05) is 15.7 Å². The molecular weight excluding hydrogens is 412 g/mol. The summed E-state index contributed by atoms with van der Waals surface area (Å²) in [5.41, 5.74) is 10.8. The molecule has 4 aliphatic carbocycles. The molecule has 6 rings (SSSR count). The lowest BCUT2D eigenvalue weighted by Gasteiger charge is -2.57. The van der Waals surface area contributed by atoms with Gasteiger partial charge in [-0.05, 0) is 126 Å². The van der Waals surface area contributed by atoms with E-state index >= 15 is 0 Å². The second kappa shape index (κ2) is 6.62. The highest BCUT2D eigenvalue weighted by atomic mass is 79.9. The zero-order chi connectivity index (χ0) is 19.5. The molecule has 0 aliphatic heterocycles. The first-order valence-corrected chi connectivity index (χ1v) is 11.2. The maximum absolute atomic E-state index is 12.7. The maximum Gasteiger partial charge on any atom is 0.255 e. The van der Waals surface area contributed by atoms with Gasteiger partial charge in [0.05, 0.1) is 5.69 Å². The Morgan fingerprint density at radius 3 is 2.25 bits per heavy atom. The van der Waals surface area contributed by atoms with E-state index in [4.69, 9.17) is 5.73 Å². The predicted molar refractivity (Wildman–Crippen MR) is 118 cm³/mol. The van der Waals surface area contributed by atoms with Gasteiger partial charge in [0.25, 0.3) is 5.91 Å². The minimum Gasteiger partial charge on any atom is -0.399 e. The molecule has 28 heavy (non-hydrogen) atoms. The van der Waals surface area contributed by atoms with Gasteiger partial charge in [0.2, 0.25) is 0 Å². The number of hydrogen-bond acceptors (Lipinski definition) is 2. The number of carbonyl (C=O) groups is 1. The second-order valence-electron chi connectivity index (χ2n) is 9.42. The summed E-state index contributed by atoms with van der Waals surface area (Å²) in [6, 6.07) is 12.0. The van der Waals surface area contributed by atoms with Crippen molar-refractivity contribution >= 4 is 33.2 Å². The standard InChI is InChI=1S/C24H27BrN2O/c1-14-6-18(2-4-21(14)26)23(28)27-22-5-3-19(10-20(22)25)24-11-15-7-16(12-24)9-17(8-15)13-24/h2-6,10,15-17H,7-9,11-13,26H2,1H3,(H,27,28). The van der Waals surface area contributed by atoms with Crippen LogP contribution in [0.1, 0.15) is 60.0 Å². The molecular formula is C24H27BrN2O. The van der Waals surface area contributed by atoms with Crippen LogP contribution < -0.4 is 11.1 Å². The third kappa shape index (κ3) is 3.06. The van der Waals surface area contributed by atoms with Crippen molar-refractivity contribution in [1.82, 2.24) is 0 Å². The van der Waals surface area contributed by atoms with E-state index in [1.54, 1.807) is 12.1 Å². The van der Waals surface area contributed by atoms with Crippen molar-refractivity contribution in [3.8, 4) is 0 Å². The monoisotopic (exact) mass is 438 g/mol.